The number of aliphatic hydroxyl groups excluding tert-OH is 2. The Morgan fingerprint density at radius 3 is 2.67 bits per heavy atom. The number of amides is 1. The molecule has 0 bridgehead atoms. The molecule has 0 aliphatic carbocycles. The van der Waals surface area contributed by atoms with E-state index in [1.807, 2.05) is 30.3 Å². The van der Waals surface area contributed by atoms with E-state index >= 15 is 0 Å². The summed E-state index contributed by atoms with van der Waals surface area (Å²) in [4.78, 5) is 37.8. The van der Waals surface area contributed by atoms with Crippen LogP contribution in [0.25, 0.3) is 0 Å². The summed E-state index contributed by atoms with van der Waals surface area (Å²) in [5, 5.41) is 22.6. The lowest BCUT2D eigenvalue weighted by Gasteiger charge is -2.25. The van der Waals surface area contributed by atoms with Crippen LogP contribution in [0.1, 0.15) is 11.8 Å². The van der Waals surface area contributed by atoms with Crippen molar-refractivity contribution in [3.63, 3.8) is 0 Å². The van der Waals surface area contributed by atoms with E-state index in [0.717, 1.165) is 16.2 Å². The molecule has 2 unspecified atom stereocenters. The third kappa shape index (κ3) is 6.49. The lowest BCUT2D eigenvalue weighted by molar-refractivity contribution is -0.0809. The number of carbonyl (C=O) groups is 1. The number of hydrogen-bond donors (Lipinski definition) is 4. The molecular formula is C21H27N3O9. The quantitative estimate of drug-likeness (QED) is 0.349. The number of aromatic nitrogens is 2. The molecule has 12 heteroatoms. The maximum Gasteiger partial charge on any atom is 0.407 e. The average molecular weight is 465 g/mol. The number of hydrogen-bond acceptors (Lipinski definition) is 9. The molecule has 1 aliphatic rings. The van der Waals surface area contributed by atoms with Gasteiger partial charge in [0.05, 0.1) is 25.9 Å². The molecule has 1 amide bonds. The van der Waals surface area contributed by atoms with Crippen molar-refractivity contribution in [3.8, 4) is 0 Å². The smallest absolute Gasteiger partial charge is 0.407 e. The fourth-order valence-electron chi connectivity index (χ4n) is 3.39. The zero-order chi connectivity index (χ0) is 23.8. The number of carbonyl (C=O) groups excluding carboxylic acids is 1. The Labute approximate surface area is 188 Å². The van der Waals surface area contributed by atoms with Crippen LogP contribution in [-0.2, 0) is 25.6 Å². The lowest BCUT2D eigenvalue weighted by atomic mass is 10.1. The summed E-state index contributed by atoms with van der Waals surface area (Å²) in [6.07, 6.45) is -3.95. The minimum Gasteiger partial charge on any atom is -0.445 e. The van der Waals surface area contributed by atoms with Crippen LogP contribution in [0.2, 0.25) is 0 Å². The Morgan fingerprint density at radius 2 is 2.00 bits per heavy atom. The largest absolute Gasteiger partial charge is 0.445 e. The Bertz CT molecular complexity index is 1010. The number of H-pyrrole nitrogens is 1. The number of nitrogens with one attached hydrogen (secondary N) is 2. The van der Waals surface area contributed by atoms with Gasteiger partial charge in [-0.15, -0.1) is 0 Å². The van der Waals surface area contributed by atoms with Crippen LogP contribution in [0.3, 0.4) is 0 Å². The zero-order valence-corrected chi connectivity index (χ0v) is 18.0. The van der Waals surface area contributed by atoms with Gasteiger partial charge >= 0.3 is 11.8 Å². The van der Waals surface area contributed by atoms with Crippen LogP contribution in [0.15, 0.2) is 52.2 Å². The van der Waals surface area contributed by atoms with Crippen LogP contribution in [0, 0.1) is 0 Å². The number of aromatic amines is 1. The van der Waals surface area contributed by atoms with E-state index in [2.05, 4.69) is 10.3 Å². The van der Waals surface area contributed by atoms with E-state index in [4.69, 9.17) is 18.9 Å². The van der Waals surface area contributed by atoms with Crippen molar-refractivity contribution in [1.82, 2.24) is 14.9 Å². The van der Waals surface area contributed by atoms with Gasteiger partial charge in [0.15, 0.2) is 6.23 Å². The summed E-state index contributed by atoms with van der Waals surface area (Å²) in [5.41, 5.74) is -0.532. The fourth-order valence-corrected chi connectivity index (χ4v) is 3.39. The van der Waals surface area contributed by atoms with Crippen LogP contribution in [0.5, 0.6) is 0 Å². The van der Waals surface area contributed by atoms with Crippen molar-refractivity contribution in [1.29, 1.82) is 0 Å². The summed E-state index contributed by atoms with van der Waals surface area (Å²) >= 11 is 0. The first-order chi connectivity index (χ1) is 15.9. The average Bonchev–Trinajstić information content (AvgIpc) is 3.12. The first-order valence-electron chi connectivity index (χ1n) is 10.3. The Balaban J connectivity index is 1.64. The summed E-state index contributed by atoms with van der Waals surface area (Å²) in [5.74, 6) is 0. The van der Waals surface area contributed by atoms with Gasteiger partial charge in [0.2, 0.25) is 0 Å². The number of aliphatic hydroxyl groups is 2. The van der Waals surface area contributed by atoms with Gasteiger partial charge in [0.1, 0.15) is 24.9 Å². The monoisotopic (exact) mass is 465 g/mol. The molecule has 1 aliphatic heterocycles. The standard InChI is InChI=1S/C21H27N3O9/c1-30-11-14(22-21(29)32-10-13-5-3-2-4-6-13)12-31-18-17(27)15(9-25)33-19(18)24-8-7-16(26)23-20(24)28/h2-8,14-15,17-19,25,27H,9-12H2,1H3,(H,22,29)(H,23,26,28)/t14?,15-,17?,18+,19-/m1/s1. The number of alkyl carbamates (subject to hydrolysis) is 1. The van der Waals surface area contributed by atoms with Crippen LogP contribution in [0.4, 0.5) is 4.79 Å². The van der Waals surface area contributed by atoms with E-state index < -0.39 is 54.5 Å². The fraction of sp³-hybridized carbons (Fsp3) is 0.476. The molecule has 1 saturated heterocycles. The van der Waals surface area contributed by atoms with E-state index in [-0.39, 0.29) is 19.8 Å². The molecule has 0 radical (unpaired) electrons. The van der Waals surface area contributed by atoms with Gasteiger partial charge in [-0.05, 0) is 5.56 Å². The predicted octanol–water partition coefficient (Wildman–Crippen LogP) is -0.886. The van der Waals surface area contributed by atoms with Crippen molar-refractivity contribution in [2.45, 2.75) is 37.2 Å². The van der Waals surface area contributed by atoms with Crippen molar-refractivity contribution in [3.05, 3.63) is 69.0 Å². The van der Waals surface area contributed by atoms with Crippen molar-refractivity contribution in [2.75, 3.05) is 26.9 Å². The van der Waals surface area contributed by atoms with Crippen LogP contribution >= 0.6 is 0 Å². The molecule has 1 aromatic carbocycles. The highest BCUT2D eigenvalue weighted by molar-refractivity contribution is 5.67. The van der Waals surface area contributed by atoms with Gasteiger partial charge in [-0.3, -0.25) is 14.3 Å². The topological polar surface area (TPSA) is 161 Å². The number of ether oxygens (including phenoxy) is 4. The Hall–Kier alpha value is -3.03. The Morgan fingerprint density at radius 1 is 1.24 bits per heavy atom. The van der Waals surface area contributed by atoms with Crippen molar-refractivity contribution in [2.24, 2.45) is 0 Å². The second-order valence-corrected chi connectivity index (χ2v) is 7.41. The maximum atomic E-state index is 12.2. The van der Waals surface area contributed by atoms with Crippen molar-refractivity contribution < 1.29 is 34.0 Å². The summed E-state index contributed by atoms with van der Waals surface area (Å²) in [6, 6.07) is 9.63. The molecule has 12 nitrogen and oxygen atoms in total. The second-order valence-electron chi connectivity index (χ2n) is 7.41. The van der Waals surface area contributed by atoms with E-state index in [1.165, 1.54) is 13.3 Å². The Kier molecular flexibility index (Phi) is 8.74. The molecule has 1 aromatic heterocycles. The summed E-state index contributed by atoms with van der Waals surface area (Å²) in [7, 11) is 1.45. The third-order valence-corrected chi connectivity index (χ3v) is 5.01. The van der Waals surface area contributed by atoms with E-state index in [9.17, 15) is 24.6 Å². The SMILES string of the molecule is COCC(CO[C@H]1C(O)[C@@H](CO)O[C@H]1n1ccc(=O)[nH]c1=O)NC(=O)OCc1ccccc1. The molecule has 1 fully saturated rings. The molecule has 2 aromatic rings. The maximum absolute atomic E-state index is 12.2. The normalized spacial score (nSPS) is 23.2. The molecule has 0 spiro atoms. The molecule has 33 heavy (non-hydrogen) atoms. The molecule has 180 valence electrons. The van der Waals surface area contributed by atoms with E-state index in [1.54, 1.807) is 0 Å². The first-order valence-corrected chi connectivity index (χ1v) is 10.3. The first kappa shape index (κ1) is 24.6. The van der Waals surface area contributed by atoms with Crippen LogP contribution < -0.4 is 16.6 Å². The third-order valence-electron chi connectivity index (χ3n) is 5.01. The number of methoxy groups -OCH3 is 1. The highest BCUT2D eigenvalue weighted by Crippen LogP contribution is 2.30. The summed E-state index contributed by atoms with van der Waals surface area (Å²) in [6.45, 7) is -0.470. The van der Waals surface area contributed by atoms with Gasteiger partial charge in [0, 0.05) is 19.4 Å². The lowest BCUT2D eigenvalue weighted by Crippen LogP contribution is -2.45. The van der Waals surface area contributed by atoms with Crippen molar-refractivity contribution >= 4 is 6.09 Å². The molecule has 3 rings (SSSR count). The molecular weight excluding hydrogens is 438 g/mol. The number of nitrogens with zero attached hydrogens (tertiary/aromatic N) is 1. The van der Waals surface area contributed by atoms with E-state index in [0.29, 0.717) is 0 Å². The molecule has 2 heterocycles. The summed E-state index contributed by atoms with van der Waals surface area (Å²) < 4.78 is 22.7. The number of benzene rings is 1. The zero-order valence-electron chi connectivity index (χ0n) is 18.0. The highest BCUT2D eigenvalue weighted by atomic mass is 16.6. The molecule has 5 atom stereocenters. The van der Waals surface area contributed by atoms with Gasteiger partial charge < -0.3 is 34.5 Å². The van der Waals surface area contributed by atoms with Crippen LogP contribution in [-0.4, -0.2) is 77.1 Å². The van der Waals surface area contributed by atoms with Gasteiger partial charge in [-0.25, -0.2) is 9.59 Å². The van der Waals surface area contributed by atoms with Gasteiger partial charge in [-0.2, -0.15) is 0 Å². The molecule has 0 saturated carbocycles. The minimum absolute atomic E-state index is 0.0802. The highest BCUT2D eigenvalue weighted by Gasteiger charge is 2.46. The van der Waals surface area contributed by atoms with Gasteiger partial charge in [0.25, 0.3) is 5.56 Å². The molecule has 4 N–H and O–H groups in total. The second kappa shape index (κ2) is 11.7. The minimum atomic E-state index is -1.27. The predicted molar refractivity (Wildman–Crippen MR) is 113 cm³/mol. The number of rotatable bonds is 10. The van der Waals surface area contributed by atoms with Gasteiger partial charge in [-0.1, -0.05) is 30.3 Å².